The molecule has 0 spiro atoms. The van der Waals surface area contributed by atoms with Gasteiger partial charge in [-0.3, -0.25) is 0 Å². The predicted molar refractivity (Wildman–Crippen MR) is 37.9 cm³/mol. The number of nitrogens with zero attached hydrogens (tertiary/aromatic N) is 1. The summed E-state index contributed by atoms with van der Waals surface area (Å²) in [5, 5.41) is 0. The van der Waals surface area contributed by atoms with Gasteiger partial charge in [-0.05, 0) is 12.2 Å². The van der Waals surface area contributed by atoms with Crippen LogP contribution in [0.5, 0.6) is 0 Å². The van der Waals surface area contributed by atoms with Crippen LogP contribution in [0.25, 0.3) is 0 Å². The van der Waals surface area contributed by atoms with Crippen molar-refractivity contribution in [3.05, 3.63) is 0 Å². The van der Waals surface area contributed by atoms with Crippen molar-refractivity contribution in [3.8, 4) is 0 Å². The van der Waals surface area contributed by atoms with Gasteiger partial charge in [-0.15, -0.1) is 0 Å². The molecule has 0 bridgehead atoms. The molecule has 4 heteroatoms. The lowest BCUT2D eigenvalue weighted by Crippen LogP contribution is -2.48. The summed E-state index contributed by atoms with van der Waals surface area (Å²) in [5.74, 6) is 5.40. The number of hydrogen-bond donors (Lipinski definition) is 2. The van der Waals surface area contributed by atoms with Crippen molar-refractivity contribution < 1.29 is 4.59 Å². The van der Waals surface area contributed by atoms with Crippen molar-refractivity contribution in [3.63, 3.8) is 0 Å². The van der Waals surface area contributed by atoms with Crippen LogP contribution in [0.2, 0.25) is 0 Å². The lowest BCUT2D eigenvalue weighted by atomic mass is 10.9. The fraction of sp³-hybridized carbons (Fsp3) is 0.667. The first-order valence-electron chi connectivity index (χ1n) is 1.80. The maximum atomic E-state index is 5.40. The van der Waals surface area contributed by atoms with Crippen LogP contribution in [0.1, 0.15) is 0 Å². The molecule has 0 aromatic rings. The van der Waals surface area contributed by atoms with Crippen LogP contribution in [0.3, 0.4) is 0 Å². The molecular formula is C3H9N2S2+. The molecule has 0 aromatic carbocycles. The summed E-state index contributed by atoms with van der Waals surface area (Å²) in [7, 11) is 3.52. The number of quaternary nitrogens is 1. The molecule has 0 fully saturated rings. The number of thiol groups is 1. The fourth-order valence-electron chi connectivity index (χ4n) is 0. The number of thiocarbonyl (C=S) groups is 1. The van der Waals surface area contributed by atoms with Crippen LogP contribution < -0.4 is 5.84 Å². The van der Waals surface area contributed by atoms with E-state index in [1.807, 2.05) is 0 Å². The Labute approximate surface area is 54.3 Å². The van der Waals surface area contributed by atoms with Gasteiger partial charge in [-0.2, -0.15) is 5.84 Å². The standard InChI is InChI=1S/C3H8N2S2/c1-5(2,4)3(6)7/h4H2,1-2H3/p+1. The van der Waals surface area contributed by atoms with Gasteiger partial charge in [0.15, 0.2) is 0 Å². The molecule has 42 valence electrons. The van der Waals surface area contributed by atoms with Gasteiger partial charge in [0.1, 0.15) is 0 Å². The average Bonchev–Trinajstić information content (AvgIpc) is 1.31. The molecule has 0 amide bonds. The summed E-state index contributed by atoms with van der Waals surface area (Å²) < 4.78 is 0.637. The van der Waals surface area contributed by atoms with E-state index in [1.165, 1.54) is 0 Å². The Balaban J connectivity index is 3.79. The Morgan fingerprint density at radius 1 is 1.71 bits per heavy atom. The van der Waals surface area contributed by atoms with Crippen LogP contribution in [-0.2, 0) is 0 Å². The molecular weight excluding hydrogens is 128 g/mol. The highest BCUT2D eigenvalue weighted by Gasteiger charge is 2.10. The molecule has 0 radical (unpaired) electrons. The minimum absolute atomic E-state index is 0.151. The molecule has 0 atom stereocenters. The Morgan fingerprint density at radius 2 is 1.86 bits per heavy atom. The minimum Gasteiger partial charge on any atom is -0.207 e. The lowest BCUT2D eigenvalue weighted by molar-refractivity contribution is -0.805. The van der Waals surface area contributed by atoms with E-state index in [0.717, 1.165) is 0 Å². The summed E-state index contributed by atoms with van der Waals surface area (Å²) >= 11 is 8.50. The largest absolute Gasteiger partial charge is 0.249 e. The molecule has 0 saturated heterocycles. The van der Waals surface area contributed by atoms with Crippen molar-refractivity contribution in [2.75, 3.05) is 14.1 Å². The van der Waals surface area contributed by atoms with Gasteiger partial charge in [-0.25, -0.2) is 4.59 Å². The molecule has 0 aliphatic rings. The SMILES string of the molecule is C[N+](C)(N)C(=S)S. The smallest absolute Gasteiger partial charge is 0.207 e. The summed E-state index contributed by atoms with van der Waals surface area (Å²) in [6.07, 6.45) is 0. The second-order valence-corrected chi connectivity index (χ2v) is 2.94. The second-order valence-electron chi connectivity index (χ2n) is 1.82. The predicted octanol–water partition coefficient (Wildman–Crippen LogP) is 0.151. The maximum absolute atomic E-state index is 5.40. The summed E-state index contributed by atoms with van der Waals surface area (Å²) in [6.45, 7) is 0. The zero-order chi connectivity index (χ0) is 6.08. The van der Waals surface area contributed by atoms with Crippen molar-refractivity contribution in [1.82, 2.24) is 0 Å². The van der Waals surface area contributed by atoms with E-state index in [2.05, 4.69) is 24.8 Å². The third-order valence-corrected chi connectivity index (χ3v) is 1.48. The van der Waals surface area contributed by atoms with Crippen LogP contribution >= 0.6 is 24.8 Å². The van der Waals surface area contributed by atoms with Gasteiger partial charge in [0.25, 0.3) is 0 Å². The molecule has 0 heterocycles. The third kappa shape index (κ3) is 2.99. The van der Waals surface area contributed by atoms with E-state index in [-0.39, 0.29) is 4.59 Å². The first-order chi connectivity index (χ1) is 2.94. The summed E-state index contributed by atoms with van der Waals surface area (Å²) in [4.78, 5) is 0. The summed E-state index contributed by atoms with van der Waals surface area (Å²) in [5.41, 5.74) is 0. The fourth-order valence-corrected chi connectivity index (χ4v) is 0. The van der Waals surface area contributed by atoms with Crippen molar-refractivity contribution in [2.24, 2.45) is 5.84 Å². The summed E-state index contributed by atoms with van der Waals surface area (Å²) in [6, 6.07) is 0. The van der Waals surface area contributed by atoms with Gasteiger partial charge in [0.05, 0.1) is 14.1 Å². The first-order valence-corrected chi connectivity index (χ1v) is 2.66. The van der Waals surface area contributed by atoms with Crippen molar-refractivity contribution in [1.29, 1.82) is 0 Å². The molecule has 0 aliphatic carbocycles. The van der Waals surface area contributed by atoms with Crippen LogP contribution in [-0.4, -0.2) is 23.0 Å². The van der Waals surface area contributed by atoms with E-state index >= 15 is 0 Å². The van der Waals surface area contributed by atoms with Crippen LogP contribution in [0.4, 0.5) is 0 Å². The Morgan fingerprint density at radius 3 is 1.86 bits per heavy atom. The van der Waals surface area contributed by atoms with Crippen molar-refractivity contribution in [2.45, 2.75) is 0 Å². The topological polar surface area (TPSA) is 26.0 Å². The molecule has 0 aliphatic heterocycles. The van der Waals surface area contributed by atoms with Gasteiger partial charge in [-0.1, -0.05) is 12.6 Å². The Hall–Kier alpha value is 0.360. The van der Waals surface area contributed by atoms with E-state index in [0.29, 0.717) is 4.32 Å². The zero-order valence-electron chi connectivity index (χ0n) is 4.38. The maximum Gasteiger partial charge on any atom is 0.249 e. The second kappa shape index (κ2) is 2.09. The Bertz CT molecular complexity index is 83.4. The number of nitrogens with two attached hydrogens (primary N) is 1. The average molecular weight is 137 g/mol. The molecule has 2 N–H and O–H groups in total. The molecule has 0 aromatic heterocycles. The van der Waals surface area contributed by atoms with Crippen LogP contribution in [0.15, 0.2) is 0 Å². The molecule has 2 nitrogen and oxygen atoms in total. The molecule has 7 heavy (non-hydrogen) atoms. The van der Waals surface area contributed by atoms with Crippen molar-refractivity contribution >= 4 is 29.2 Å². The van der Waals surface area contributed by atoms with E-state index in [4.69, 9.17) is 5.84 Å². The van der Waals surface area contributed by atoms with Gasteiger partial charge >= 0.3 is 0 Å². The third-order valence-electron chi connectivity index (χ3n) is 0.493. The minimum atomic E-state index is 0.151. The van der Waals surface area contributed by atoms with E-state index in [1.54, 1.807) is 14.1 Å². The van der Waals surface area contributed by atoms with Crippen LogP contribution in [0, 0.1) is 0 Å². The monoisotopic (exact) mass is 137 g/mol. The number of rotatable bonds is 0. The number of hydrogen-bond acceptors (Lipinski definition) is 2. The highest BCUT2D eigenvalue weighted by molar-refractivity contribution is 8.10. The van der Waals surface area contributed by atoms with Gasteiger partial charge in [0, 0.05) is 0 Å². The van der Waals surface area contributed by atoms with E-state index in [9.17, 15) is 0 Å². The Kier molecular flexibility index (Phi) is 2.19. The van der Waals surface area contributed by atoms with E-state index < -0.39 is 0 Å². The lowest BCUT2D eigenvalue weighted by Gasteiger charge is -2.17. The molecule has 0 unspecified atom stereocenters. The first kappa shape index (κ1) is 7.36. The zero-order valence-corrected chi connectivity index (χ0v) is 6.09. The highest BCUT2D eigenvalue weighted by Crippen LogP contribution is 1.92. The van der Waals surface area contributed by atoms with Gasteiger partial charge < -0.3 is 0 Å². The quantitative estimate of drug-likeness (QED) is 0.163. The normalized spacial score (nSPS) is 11.4. The molecule has 0 saturated carbocycles. The highest BCUT2D eigenvalue weighted by atomic mass is 32.1. The molecule has 0 rings (SSSR count). The van der Waals surface area contributed by atoms with Gasteiger partial charge in [0.2, 0.25) is 4.32 Å².